The Bertz CT molecular complexity index is 1100. The van der Waals surface area contributed by atoms with Gasteiger partial charge >= 0.3 is 0 Å². The molecule has 4 aromatic rings. The smallest absolute Gasteiger partial charge is 0.258 e. The summed E-state index contributed by atoms with van der Waals surface area (Å²) in [5, 5.41) is 0.538. The summed E-state index contributed by atoms with van der Waals surface area (Å²) in [4.78, 5) is 23.5. The number of H-pyrrole nitrogens is 1. The fourth-order valence-electron chi connectivity index (χ4n) is 2.62. The summed E-state index contributed by atoms with van der Waals surface area (Å²) in [6.45, 7) is 0. The van der Waals surface area contributed by atoms with Crippen LogP contribution in [-0.2, 0) is 6.42 Å². The van der Waals surface area contributed by atoms with Gasteiger partial charge < -0.3 is 9.55 Å². The van der Waals surface area contributed by atoms with Gasteiger partial charge in [0, 0.05) is 25.0 Å². The van der Waals surface area contributed by atoms with Crippen LogP contribution in [0.2, 0.25) is 0 Å². The molecule has 1 N–H and O–H groups in total. The zero-order valence-electron chi connectivity index (χ0n) is 12.9. The van der Waals surface area contributed by atoms with E-state index in [2.05, 4.69) is 15.0 Å². The lowest BCUT2D eigenvalue weighted by Crippen LogP contribution is -2.12. The van der Waals surface area contributed by atoms with Crippen LogP contribution in [0.15, 0.2) is 59.8 Å². The number of fused-ring (bicyclic) bond motifs is 1. The van der Waals surface area contributed by atoms with Crippen molar-refractivity contribution in [2.24, 2.45) is 0 Å². The molecule has 7 heteroatoms. The Kier molecular flexibility index (Phi) is 3.61. The number of hydrogen-bond acceptors (Lipinski definition) is 3. The van der Waals surface area contributed by atoms with Crippen LogP contribution in [0, 0.1) is 11.6 Å². The molecular formula is C18H12F2N4O. The molecule has 3 heterocycles. The van der Waals surface area contributed by atoms with Gasteiger partial charge in [-0.3, -0.25) is 4.79 Å². The first-order chi connectivity index (χ1) is 12.1. The van der Waals surface area contributed by atoms with Crippen molar-refractivity contribution in [1.29, 1.82) is 0 Å². The Morgan fingerprint density at radius 3 is 2.52 bits per heavy atom. The van der Waals surface area contributed by atoms with E-state index < -0.39 is 11.6 Å². The van der Waals surface area contributed by atoms with Gasteiger partial charge in [-0.25, -0.2) is 18.7 Å². The Morgan fingerprint density at radius 2 is 1.80 bits per heavy atom. The van der Waals surface area contributed by atoms with E-state index >= 15 is 0 Å². The number of nitrogens with zero attached hydrogens (tertiary/aromatic N) is 3. The molecular weight excluding hydrogens is 326 g/mol. The van der Waals surface area contributed by atoms with Gasteiger partial charge in [-0.15, -0.1) is 0 Å². The first-order valence-corrected chi connectivity index (χ1v) is 7.56. The molecule has 0 aliphatic heterocycles. The normalized spacial score (nSPS) is 11.1. The Balaban J connectivity index is 1.62. The molecule has 3 aromatic heterocycles. The van der Waals surface area contributed by atoms with Crippen LogP contribution < -0.4 is 5.56 Å². The van der Waals surface area contributed by atoms with E-state index in [1.165, 1.54) is 4.57 Å². The molecule has 0 aliphatic carbocycles. The van der Waals surface area contributed by atoms with Gasteiger partial charge in [-0.05, 0) is 23.8 Å². The van der Waals surface area contributed by atoms with Gasteiger partial charge in [0.15, 0.2) is 11.6 Å². The van der Waals surface area contributed by atoms with Gasteiger partial charge in [0.05, 0.1) is 10.9 Å². The highest BCUT2D eigenvalue weighted by Crippen LogP contribution is 2.13. The lowest BCUT2D eigenvalue weighted by atomic mass is 10.2. The molecule has 0 bridgehead atoms. The van der Waals surface area contributed by atoms with Gasteiger partial charge in [0.2, 0.25) is 0 Å². The van der Waals surface area contributed by atoms with Crippen molar-refractivity contribution in [2.45, 2.75) is 6.42 Å². The third kappa shape index (κ3) is 2.91. The van der Waals surface area contributed by atoms with Crippen LogP contribution in [0.1, 0.15) is 11.4 Å². The zero-order chi connectivity index (χ0) is 17.4. The van der Waals surface area contributed by atoms with Crippen molar-refractivity contribution in [3.8, 4) is 5.82 Å². The lowest BCUT2D eigenvalue weighted by molar-refractivity contribution is 0.516. The molecule has 124 valence electrons. The molecule has 1 aromatic carbocycles. The number of pyridine rings is 1. The van der Waals surface area contributed by atoms with Crippen LogP contribution in [0.25, 0.3) is 16.7 Å². The Morgan fingerprint density at radius 1 is 1.04 bits per heavy atom. The second kappa shape index (κ2) is 5.94. The van der Waals surface area contributed by atoms with Crippen molar-refractivity contribution in [3.63, 3.8) is 0 Å². The predicted molar refractivity (Wildman–Crippen MR) is 88.6 cm³/mol. The molecule has 0 aliphatic rings. The number of aromatic amines is 1. The number of aromatic nitrogens is 4. The van der Waals surface area contributed by atoms with Gasteiger partial charge in [0.25, 0.3) is 5.56 Å². The second-order valence-corrected chi connectivity index (χ2v) is 5.59. The molecule has 0 fully saturated rings. The summed E-state index contributed by atoms with van der Waals surface area (Å²) in [7, 11) is 0. The quantitative estimate of drug-likeness (QED) is 0.625. The fourth-order valence-corrected chi connectivity index (χ4v) is 2.62. The molecule has 4 rings (SSSR count). The highest BCUT2D eigenvalue weighted by Gasteiger charge is 2.08. The Hall–Kier alpha value is -3.35. The van der Waals surface area contributed by atoms with Crippen molar-refractivity contribution in [1.82, 2.24) is 19.5 Å². The maximum absolute atomic E-state index is 13.1. The number of halogens is 2. The predicted octanol–water partition coefficient (Wildman–Crippen LogP) is 2.98. The number of nitrogens with one attached hydrogen (secondary N) is 1. The maximum Gasteiger partial charge on any atom is 0.258 e. The van der Waals surface area contributed by atoms with Gasteiger partial charge in [0.1, 0.15) is 11.6 Å². The minimum atomic E-state index is -0.927. The van der Waals surface area contributed by atoms with E-state index in [0.717, 1.165) is 18.0 Å². The molecule has 0 saturated carbocycles. The summed E-state index contributed by atoms with van der Waals surface area (Å²) in [6, 6.07) is 10.5. The van der Waals surface area contributed by atoms with E-state index in [1.54, 1.807) is 36.5 Å². The number of rotatable bonds is 3. The van der Waals surface area contributed by atoms with Crippen molar-refractivity contribution in [3.05, 3.63) is 88.4 Å². The van der Waals surface area contributed by atoms with E-state index in [-0.39, 0.29) is 5.56 Å². The topological polar surface area (TPSA) is 63.6 Å². The monoisotopic (exact) mass is 338 g/mol. The third-order valence-electron chi connectivity index (χ3n) is 3.84. The second-order valence-electron chi connectivity index (χ2n) is 5.59. The summed E-state index contributed by atoms with van der Waals surface area (Å²) in [5.74, 6) is -0.935. The molecule has 0 unspecified atom stereocenters. The van der Waals surface area contributed by atoms with E-state index in [9.17, 15) is 13.6 Å². The SMILES string of the molecule is O=c1[nH]c(Cc2ccc(-n3cc(F)c(F)c3)nc2)nc2ccccc12. The minimum Gasteiger partial charge on any atom is -0.310 e. The zero-order valence-corrected chi connectivity index (χ0v) is 12.9. The van der Waals surface area contributed by atoms with Crippen LogP contribution in [0.5, 0.6) is 0 Å². The standard InChI is InChI=1S/C18H12F2N4O/c19-13-9-24(10-14(13)20)17-6-5-11(8-21-17)7-16-22-15-4-2-1-3-12(15)18(25)23-16/h1-6,8-10H,7H2,(H,22,23,25). The molecule has 5 nitrogen and oxygen atoms in total. The lowest BCUT2D eigenvalue weighted by Gasteiger charge is -2.05. The van der Waals surface area contributed by atoms with E-state index in [0.29, 0.717) is 29.0 Å². The van der Waals surface area contributed by atoms with E-state index in [4.69, 9.17) is 0 Å². The summed E-state index contributed by atoms with van der Waals surface area (Å²) in [6.07, 6.45) is 4.03. The van der Waals surface area contributed by atoms with Crippen LogP contribution in [0.3, 0.4) is 0 Å². The largest absolute Gasteiger partial charge is 0.310 e. The average Bonchev–Trinajstić information content (AvgIpc) is 2.95. The third-order valence-corrected chi connectivity index (χ3v) is 3.84. The maximum atomic E-state index is 13.1. The molecule has 0 radical (unpaired) electrons. The van der Waals surface area contributed by atoms with E-state index in [1.807, 2.05) is 6.07 Å². The van der Waals surface area contributed by atoms with Crippen LogP contribution in [-0.4, -0.2) is 19.5 Å². The first kappa shape index (κ1) is 15.2. The molecule has 0 saturated heterocycles. The molecule has 0 spiro atoms. The fraction of sp³-hybridized carbons (Fsp3) is 0.0556. The van der Waals surface area contributed by atoms with Crippen molar-refractivity contribution < 1.29 is 8.78 Å². The molecule has 0 amide bonds. The Labute approximate surface area is 140 Å². The summed E-state index contributed by atoms with van der Waals surface area (Å²) < 4.78 is 27.5. The van der Waals surface area contributed by atoms with Crippen molar-refractivity contribution >= 4 is 10.9 Å². The van der Waals surface area contributed by atoms with Gasteiger partial charge in [-0.1, -0.05) is 18.2 Å². The number of benzene rings is 1. The highest BCUT2D eigenvalue weighted by atomic mass is 19.2. The summed E-state index contributed by atoms with van der Waals surface area (Å²) in [5.41, 5.74) is 1.25. The minimum absolute atomic E-state index is 0.191. The molecule has 0 atom stereocenters. The van der Waals surface area contributed by atoms with Crippen molar-refractivity contribution in [2.75, 3.05) is 0 Å². The average molecular weight is 338 g/mol. The number of para-hydroxylation sites is 1. The first-order valence-electron chi connectivity index (χ1n) is 7.56. The number of hydrogen-bond donors (Lipinski definition) is 1. The van der Waals surface area contributed by atoms with Gasteiger partial charge in [-0.2, -0.15) is 0 Å². The molecule has 25 heavy (non-hydrogen) atoms. The van der Waals surface area contributed by atoms with Crippen LogP contribution >= 0.6 is 0 Å². The highest BCUT2D eigenvalue weighted by molar-refractivity contribution is 5.77. The van der Waals surface area contributed by atoms with Crippen LogP contribution in [0.4, 0.5) is 8.78 Å². The summed E-state index contributed by atoms with van der Waals surface area (Å²) >= 11 is 0.